The van der Waals surface area contributed by atoms with Crippen LogP contribution in [0, 0.1) is 6.92 Å². The Balaban J connectivity index is 1.77. The molecular formula is C24H18ClN3O. The van der Waals surface area contributed by atoms with Crippen molar-refractivity contribution >= 4 is 33.4 Å². The van der Waals surface area contributed by atoms with E-state index in [0.717, 1.165) is 22.0 Å². The Bertz CT molecular complexity index is 1420. The summed E-state index contributed by atoms with van der Waals surface area (Å²) in [6.45, 7) is 2.67. The van der Waals surface area contributed by atoms with E-state index in [0.29, 0.717) is 28.3 Å². The van der Waals surface area contributed by atoms with E-state index in [-0.39, 0.29) is 5.56 Å². The van der Waals surface area contributed by atoms with Crippen molar-refractivity contribution in [2.24, 2.45) is 0 Å². The van der Waals surface area contributed by atoms with Crippen LogP contribution in [0.2, 0.25) is 5.02 Å². The highest BCUT2D eigenvalue weighted by molar-refractivity contribution is 6.36. The van der Waals surface area contributed by atoms with Gasteiger partial charge in [-0.25, -0.2) is 4.98 Å². The number of para-hydroxylation sites is 1. The lowest BCUT2D eigenvalue weighted by Gasteiger charge is -2.05. The number of halogens is 1. The fourth-order valence-electron chi connectivity index (χ4n) is 3.83. The molecule has 2 heterocycles. The minimum atomic E-state index is -0.148. The summed E-state index contributed by atoms with van der Waals surface area (Å²) in [5.41, 5.74) is 4.54. The summed E-state index contributed by atoms with van der Waals surface area (Å²) in [7, 11) is 0. The first-order valence-corrected chi connectivity index (χ1v) is 9.81. The lowest BCUT2D eigenvalue weighted by Crippen LogP contribution is -2.10. The molecule has 4 nitrogen and oxygen atoms in total. The number of hydrogen-bond acceptors (Lipinski definition) is 2. The average Bonchev–Trinajstić information content (AvgIpc) is 3.09. The smallest absolute Gasteiger partial charge is 0.259 e. The molecule has 0 spiro atoms. The third-order valence-corrected chi connectivity index (χ3v) is 5.56. The lowest BCUT2D eigenvalue weighted by atomic mass is 10.1. The summed E-state index contributed by atoms with van der Waals surface area (Å²) in [4.78, 5) is 20.5. The third-order valence-electron chi connectivity index (χ3n) is 5.24. The number of nitrogens with one attached hydrogen (secondary N) is 1. The molecule has 0 aliphatic heterocycles. The second-order valence-electron chi connectivity index (χ2n) is 7.18. The monoisotopic (exact) mass is 399 g/mol. The molecule has 142 valence electrons. The Kier molecular flexibility index (Phi) is 4.22. The largest absolute Gasteiger partial charge is 0.342 e. The van der Waals surface area contributed by atoms with Gasteiger partial charge in [0.1, 0.15) is 5.82 Å². The molecule has 0 saturated heterocycles. The van der Waals surface area contributed by atoms with Gasteiger partial charge in [0, 0.05) is 23.7 Å². The highest BCUT2D eigenvalue weighted by atomic mass is 35.5. The number of benzene rings is 3. The average molecular weight is 400 g/mol. The molecule has 1 N–H and O–H groups in total. The van der Waals surface area contributed by atoms with Gasteiger partial charge in [0.05, 0.1) is 21.4 Å². The van der Waals surface area contributed by atoms with E-state index in [1.54, 1.807) is 6.07 Å². The second-order valence-corrected chi connectivity index (χ2v) is 7.58. The van der Waals surface area contributed by atoms with Gasteiger partial charge in [0.25, 0.3) is 5.56 Å². The van der Waals surface area contributed by atoms with Crippen molar-refractivity contribution in [3.8, 4) is 11.4 Å². The Morgan fingerprint density at radius 3 is 2.62 bits per heavy atom. The zero-order valence-electron chi connectivity index (χ0n) is 15.8. The number of aryl methyl sites for hydroxylation is 1. The lowest BCUT2D eigenvalue weighted by molar-refractivity contribution is 0.837. The molecule has 0 aliphatic carbocycles. The summed E-state index contributed by atoms with van der Waals surface area (Å²) in [5.74, 6) is 0.529. The molecule has 2 aromatic heterocycles. The molecule has 0 amide bonds. The van der Waals surface area contributed by atoms with Crippen LogP contribution in [0.15, 0.2) is 77.7 Å². The quantitative estimate of drug-likeness (QED) is 0.432. The van der Waals surface area contributed by atoms with Crippen molar-refractivity contribution in [2.45, 2.75) is 13.5 Å². The van der Waals surface area contributed by atoms with Crippen molar-refractivity contribution in [3.05, 3.63) is 99.4 Å². The van der Waals surface area contributed by atoms with Gasteiger partial charge in [-0.2, -0.15) is 0 Å². The van der Waals surface area contributed by atoms with Gasteiger partial charge >= 0.3 is 0 Å². The molecule has 0 bridgehead atoms. The molecule has 0 aliphatic rings. The predicted molar refractivity (Wildman–Crippen MR) is 119 cm³/mol. The van der Waals surface area contributed by atoms with Crippen LogP contribution >= 0.6 is 11.6 Å². The van der Waals surface area contributed by atoms with Crippen LogP contribution < -0.4 is 5.56 Å². The van der Waals surface area contributed by atoms with Crippen molar-refractivity contribution < 1.29 is 0 Å². The van der Waals surface area contributed by atoms with E-state index in [1.807, 2.05) is 61.7 Å². The van der Waals surface area contributed by atoms with Crippen LogP contribution in [0.1, 0.15) is 11.1 Å². The minimum absolute atomic E-state index is 0.148. The van der Waals surface area contributed by atoms with Crippen molar-refractivity contribution in [3.63, 3.8) is 0 Å². The molecule has 29 heavy (non-hydrogen) atoms. The first kappa shape index (κ1) is 17.7. The van der Waals surface area contributed by atoms with Gasteiger partial charge in [0.2, 0.25) is 0 Å². The molecular weight excluding hydrogens is 382 g/mol. The molecule has 0 atom stereocenters. The molecule has 0 fully saturated rings. The number of fused-ring (bicyclic) bond motifs is 2. The Labute approximate surface area is 172 Å². The number of aromatic amines is 1. The van der Waals surface area contributed by atoms with Crippen molar-refractivity contribution in [1.29, 1.82) is 0 Å². The van der Waals surface area contributed by atoms with Crippen LogP contribution in [0.4, 0.5) is 0 Å². The van der Waals surface area contributed by atoms with Gasteiger partial charge in [0.15, 0.2) is 0 Å². The number of hydrogen-bond donors (Lipinski definition) is 1. The first-order valence-electron chi connectivity index (χ1n) is 9.43. The van der Waals surface area contributed by atoms with Crippen LogP contribution in [0.5, 0.6) is 0 Å². The standard InChI is InChI=1S/C24H18ClN3O/c1-15-7-5-10-17-22(15)26-23(27-24(17)29)18-14-28(13-16-8-3-2-4-9-16)20-12-6-11-19(25)21(18)20/h2-12,14H,13H2,1H3,(H,26,27,29). The summed E-state index contributed by atoms with van der Waals surface area (Å²) in [5, 5.41) is 2.12. The molecule has 5 aromatic rings. The van der Waals surface area contributed by atoms with E-state index in [2.05, 4.69) is 21.7 Å². The van der Waals surface area contributed by atoms with Gasteiger partial charge in [-0.3, -0.25) is 4.79 Å². The van der Waals surface area contributed by atoms with Crippen molar-refractivity contribution in [1.82, 2.24) is 14.5 Å². The maximum atomic E-state index is 12.7. The summed E-state index contributed by atoms with van der Waals surface area (Å²) >= 11 is 6.58. The highest BCUT2D eigenvalue weighted by Gasteiger charge is 2.16. The van der Waals surface area contributed by atoms with Crippen LogP contribution in [-0.4, -0.2) is 14.5 Å². The normalized spacial score (nSPS) is 11.4. The molecule has 0 radical (unpaired) electrons. The summed E-state index contributed by atoms with van der Waals surface area (Å²) in [6.07, 6.45) is 2.02. The fourth-order valence-corrected chi connectivity index (χ4v) is 4.10. The van der Waals surface area contributed by atoms with E-state index in [1.165, 1.54) is 5.56 Å². The van der Waals surface area contributed by atoms with Crippen molar-refractivity contribution in [2.75, 3.05) is 0 Å². The van der Waals surface area contributed by atoms with E-state index in [9.17, 15) is 4.79 Å². The molecule has 0 unspecified atom stereocenters. The number of nitrogens with zero attached hydrogens (tertiary/aromatic N) is 2. The zero-order valence-corrected chi connectivity index (χ0v) is 16.6. The first-order chi connectivity index (χ1) is 14.1. The summed E-state index contributed by atoms with van der Waals surface area (Å²) in [6, 6.07) is 21.7. The molecule has 5 heteroatoms. The minimum Gasteiger partial charge on any atom is -0.342 e. The predicted octanol–water partition coefficient (Wildman–Crippen LogP) is 5.55. The van der Waals surface area contributed by atoms with E-state index < -0.39 is 0 Å². The number of aromatic nitrogens is 3. The van der Waals surface area contributed by atoms with Crippen LogP contribution in [0.3, 0.4) is 0 Å². The van der Waals surface area contributed by atoms with Gasteiger partial charge in [-0.1, -0.05) is 60.1 Å². The fraction of sp³-hybridized carbons (Fsp3) is 0.0833. The SMILES string of the molecule is Cc1cccc2c(=O)[nH]c(-c3cn(Cc4ccccc4)c4cccc(Cl)c34)nc12. The van der Waals surface area contributed by atoms with Gasteiger partial charge < -0.3 is 9.55 Å². The maximum absolute atomic E-state index is 12.7. The maximum Gasteiger partial charge on any atom is 0.259 e. The molecule has 0 saturated carbocycles. The Morgan fingerprint density at radius 2 is 1.79 bits per heavy atom. The second kappa shape index (κ2) is 6.90. The zero-order chi connectivity index (χ0) is 20.0. The van der Waals surface area contributed by atoms with Crippen LogP contribution in [-0.2, 0) is 6.54 Å². The van der Waals surface area contributed by atoms with E-state index in [4.69, 9.17) is 16.6 Å². The highest BCUT2D eigenvalue weighted by Crippen LogP contribution is 2.34. The number of H-pyrrole nitrogens is 1. The van der Waals surface area contributed by atoms with Gasteiger partial charge in [-0.05, 0) is 36.2 Å². The topological polar surface area (TPSA) is 50.7 Å². The summed E-state index contributed by atoms with van der Waals surface area (Å²) < 4.78 is 2.15. The Morgan fingerprint density at radius 1 is 1.00 bits per heavy atom. The Hall–Kier alpha value is -3.37. The van der Waals surface area contributed by atoms with Crippen LogP contribution in [0.25, 0.3) is 33.2 Å². The van der Waals surface area contributed by atoms with Gasteiger partial charge in [-0.15, -0.1) is 0 Å². The molecule has 3 aromatic carbocycles. The number of rotatable bonds is 3. The third kappa shape index (κ3) is 3.02. The molecule has 5 rings (SSSR count). The van der Waals surface area contributed by atoms with E-state index >= 15 is 0 Å².